The van der Waals surface area contributed by atoms with E-state index >= 15 is 0 Å². The molecule has 0 aromatic carbocycles. The minimum Gasteiger partial charge on any atom is -0.374 e. The summed E-state index contributed by atoms with van der Waals surface area (Å²) in [6.07, 6.45) is 2.26. The van der Waals surface area contributed by atoms with Crippen LogP contribution in [0.2, 0.25) is 0 Å². The lowest BCUT2D eigenvalue weighted by atomic mass is 10.2. The molecule has 1 fully saturated rings. The molecule has 1 saturated heterocycles. The second kappa shape index (κ2) is 11.0. The molecule has 7 nitrogen and oxygen atoms in total. The molecule has 0 amide bonds. The van der Waals surface area contributed by atoms with Gasteiger partial charge in [0.1, 0.15) is 5.65 Å². The monoisotopic (exact) mass is 500 g/mol. The Kier molecular flexibility index (Phi) is 8.97. The van der Waals surface area contributed by atoms with Crippen molar-refractivity contribution in [2.45, 2.75) is 33.4 Å². The summed E-state index contributed by atoms with van der Waals surface area (Å²) in [7, 11) is 1.79. The highest BCUT2D eigenvalue weighted by Crippen LogP contribution is 2.09. The highest BCUT2D eigenvalue weighted by Gasteiger charge is 2.21. The number of nitrogens with one attached hydrogen (secondary N) is 2. The summed E-state index contributed by atoms with van der Waals surface area (Å²) in [6, 6.07) is 6.13. The van der Waals surface area contributed by atoms with Crippen LogP contribution in [0.1, 0.15) is 25.2 Å². The van der Waals surface area contributed by atoms with E-state index in [9.17, 15) is 0 Å². The summed E-state index contributed by atoms with van der Waals surface area (Å²) in [6.45, 7) is 11.9. The number of hydrogen-bond acceptors (Lipinski definition) is 4. The number of hydrogen-bond donors (Lipinski definition) is 2. The van der Waals surface area contributed by atoms with Crippen molar-refractivity contribution >= 4 is 35.6 Å². The van der Waals surface area contributed by atoms with Crippen molar-refractivity contribution in [3.8, 4) is 0 Å². The Morgan fingerprint density at radius 1 is 1.36 bits per heavy atom. The Hall–Kier alpha value is -1.39. The van der Waals surface area contributed by atoms with Gasteiger partial charge in [-0.1, -0.05) is 19.9 Å². The smallest absolute Gasteiger partial charge is 0.191 e. The molecule has 0 aliphatic carbocycles. The number of aromatic nitrogens is 2. The molecule has 8 heteroatoms. The standard InChI is InChI=1S/C20H32N6O.HI/c1-15(2)12-25-8-9-27-18(14-25)11-23-20(21-4)22-10-17-13-26-16(3)6-5-7-19(26)24-17;/h5-7,13,15,18H,8-12,14H2,1-4H3,(H2,21,22,23);1H. The highest BCUT2D eigenvalue weighted by molar-refractivity contribution is 14.0. The number of ether oxygens (including phenoxy) is 1. The van der Waals surface area contributed by atoms with Gasteiger partial charge in [0.15, 0.2) is 5.96 Å². The number of halogens is 1. The Morgan fingerprint density at radius 3 is 2.89 bits per heavy atom. The molecule has 1 atom stereocenters. The van der Waals surface area contributed by atoms with Crippen molar-refractivity contribution in [1.82, 2.24) is 24.9 Å². The number of rotatable bonds is 6. The van der Waals surface area contributed by atoms with E-state index in [1.165, 1.54) is 5.69 Å². The predicted octanol–water partition coefficient (Wildman–Crippen LogP) is 2.28. The second-order valence-corrected chi connectivity index (χ2v) is 7.58. The molecule has 0 spiro atoms. The largest absolute Gasteiger partial charge is 0.374 e. The maximum Gasteiger partial charge on any atom is 0.191 e. The summed E-state index contributed by atoms with van der Waals surface area (Å²) in [4.78, 5) is 11.5. The van der Waals surface area contributed by atoms with E-state index in [0.29, 0.717) is 12.5 Å². The van der Waals surface area contributed by atoms with Crippen LogP contribution in [0.5, 0.6) is 0 Å². The van der Waals surface area contributed by atoms with E-state index < -0.39 is 0 Å². The molecule has 156 valence electrons. The molecule has 28 heavy (non-hydrogen) atoms. The SMILES string of the molecule is CN=C(NCc1cn2c(C)cccc2n1)NCC1CN(CC(C)C)CCO1.I. The van der Waals surface area contributed by atoms with Crippen LogP contribution in [0, 0.1) is 12.8 Å². The number of fused-ring (bicyclic) bond motifs is 1. The van der Waals surface area contributed by atoms with Crippen LogP contribution in [0.4, 0.5) is 0 Å². The third-order valence-electron chi connectivity index (χ3n) is 4.75. The Bertz CT molecular complexity index is 775. The first-order chi connectivity index (χ1) is 13.0. The van der Waals surface area contributed by atoms with Crippen LogP contribution in [0.15, 0.2) is 29.4 Å². The van der Waals surface area contributed by atoms with Crippen molar-refractivity contribution in [1.29, 1.82) is 0 Å². The van der Waals surface area contributed by atoms with Crippen LogP contribution in [0.25, 0.3) is 5.65 Å². The predicted molar refractivity (Wildman–Crippen MR) is 125 cm³/mol. The number of morpholine rings is 1. The number of guanidine groups is 1. The van der Waals surface area contributed by atoms with Gasteiger partial charge in [-0.2, -0.15) is 0 Å². The fraction of sp³-hybridized carbons (Fsp3) is 0.600. The molecule has 0 bridgehead atoms. The second-order valence-electron chi connectivity index (χ2n) is 7.58. The third kappa shape index (κ3) is 6.31. The molecule has 1 unspecified atom stereocenters. The topological polar surface area (TPSA) is 66.2 Å². The van der Waals surface area contributed by atoms with E-state index in [4.69, 9.17) is 4.74 Å². The molecule has 1 aliphatic heterocycles. The first-order valence-electron chi connectivity index (χ1n) is 9.77. The fourth-order valence-electron chi connectivity index (χ4n) is 3.48. The van der Waals surface area contributed by atoms with Crippen LogP contribution < -0.4 is 10.6 Å². The molecule has 2 aromatic heterocycles. The van der Waals surface area contributed by atoms with E-state index in [2.05, 4.69) is 62.9 Å². The molecule has 0 saturated carbocycles. The van der Waals surface area contributed by atoms with Crippen molar-refractivity contribution in [2.75, 3.05) is 39.8 Å². The molecule has 3 rings (SSSR count). The highest BCUT2D eigenvalue weighted by atomic mass is 127. The van der Waals surface area contributed by atoms with Gasteiger partial charge in [0, 0.05) is 45.1 Å². The van der Waals surface area contributed by atoms with Crippen molar-refractivity contribution in [3.63, 3.8) is 0 Å². The van der Waals surface area contributed by atoms with Gasteiger partial charge in [0.05, 0.1) is 24.9 Å². The normalized spacial score (nSPS) is 18.3. The summed E-state index contributed by atoms with van der Waals surface area (Å²) in [5, 5.41) is 6.72. The summed E-state index contributed by atoms with van der Waals surface area (Å²) < 4.78 is 8.00. The van der Waals surface area contributed by atoms with Gasteiger partial charge < -0.3 is 19.8 Å². The number of aliphatic imine (C=N–C) groups is 1. The van der Waals surface area contributed by atoms with E-state index in [1.54, 1.807) is 7.05 Å². The van der Waals surface area contributed by atoms with Gasteiger partial charge in [-0.05, 0) is 25.0 Å². The summed E-state index contributed by atoms with van der Waals surface area (Å²) in [5.74, 6) is 1.45. The van der Waals surface area contributed by atoms with Crippen LogP contribution in [-0.4, -0.2) is 66.2 Å². The molecular weight excluding hydrogens is 467 g/mol. The zero-order chi connectivity index (χ0) is 19.2. The number of nitrogens with zero attached hydrogens (tertiary/aromatic N) is 4. The van der Waals surface area contributed by atoms with Crippen LogP contribution in [-0.2, 0) is 11.3 Å². The lowest BCUT2D eigenvalue weighted by Gasteiger charge is -2.34. The van der Waals surface area contributed by atoms with E-state index in [-0.39, 0.29) is 30.1 Å². The molecule has 1 aliphatic rings. The summed E-state index contributed by atoms with van der Waals surface area (Å²) in [5.41, 5.74) is 3.13. The Balaban J connectivity index is 0.00000280. The number of imidazole rings is 1. The maximum atomic E-state index is 5.90. The van der Waals surface area contributed by atoms with E-state index in [0.717, 1.165) is 50.1 Å². The molecule has 0 radical (unpaired) electrons. The molecule has 2 aromatic rings. The minimum absolute atomic E-state index is 0. The zero-order valence-electron chi connectivity index (χ0n) is 17.3. The van der Waals surface area contributed by atoms with E-state index in [1.807, 2.05) is 12.1 Å². The Morgan fingerprint density at radius 2 is 2.18 bits per heavy atom. The van der Waals surface area contributed by atoms with Crippen molar-refractivity contribution in [2.24, 2.45) is 10.9 Å². The summed E-state index contributed by atoms with van der Waals surface area (Å²) >= 11 is 0. The lowest BCUT2D eigenvalue weighted by Crippen LogP contribution is -2.50. The first kappa shape index (κ1) is 22.9. The van der Waals surface area contributed by atoms with Crippen molar-refractivity contribution in [3.05, 3.63) is 35.8 Å². The molecule has 2 N–H and O–H groups in total. The average molecular weight is 500 g/mol. The van der Waals surface area contributed by atoms with Crippen LogP contribution >= 0.6 is 24.0 Å². The van der Waals surface area contributed by atoms with Gasteiger partial charge in [-0.15, -0.1) is 24.0 Å². The zero-order valence-corrected chi connectivity index (χ0v) is 19.6. The maximum absolute atomic E-state index is 5.90. The third-order valence-corrected chi connectivity index (χ3v) is 4.75. The lowest BCUT2D eigenvalue weighted by molar-refractivity contribution is -0.0284. The average Bonchev–Trinajstić information content (AvgIpc) is 3.06. The number of aryl methyl sites for hydroxylation is 1. The minimum atomic E-state index is 0. The van der Waals surface area contributed by atoms with Gasteiger partial charge in [-0.25, -0.2) is 4.98 Å². The van der Waals surface area contributed by atoms with Crippen LogP contribution in [0.3, 0.4) is 0 Å². The van der Waals surface area contributed by atoms with Crippen molar-refractivity contribution < 1.29 is 4.74 Å². The molecule has 3 heterocycles. The van der Waals surface area contributed by atoms with Gasteiger partial charge >= 0.3 is 0 Å². The molecular formula is C20H33IN6O. The number of pyridine rings is 1. The van der Waals surface area contributed by atoms with Gasteiger partial charge in [0.2, 0.25) is 0 Å². The quantitative estimate of drug-likeness (QED) is 0.362. The van der Waals surface area contributed by atoms with Gasteiger partial charge in [0.25, 0.3) is 0 Å². The Labute approximate surface area is 185 Å². The fourth-order valence-corrected chi connectivity index (χ4v) is 3.48. The first-order valence-corrected chi connectivity index (χ1v) is 9.77. The van der Waals surface area contributed by atoms with Gasteiger partial charge in [-0.3, -0.25) is 9.89 Å².